The molecule has 0 unspecified atom stereocenters. The molecule has 1 aromatic carbocycles. The maximum absolute atomic E-state index is 10.9. The summed E-state index contributed by atoms with van der Waals surface area (Å²) in [5.41, 5.74) is 2.38. The van der Waals surface area contributed by atoms with Gasteiger partial charge in [-0.25, -0.2) is 4.98 Å². The molecule has 2 heterocycles. The molecule has 0 amide bonds. The molecule has 0 aliphatic carbocycles. The number of piperazine rings is 1. The highest BCUT2D eigenvalue weighted by molar-refractivity contribution is 6.33. The molecule has 0 saturated carbocycles. The minimum Gasteiger partial charge on any atom is -0.368 e. The molecule has 0 spiro atoms. The van der Waals surface area contributed by atoms with Crippen molar-refractivity contribution in [2.75, 3.05) is 43.4 Å². The molecule has 0 radical (unpaired) electrons. The van der Waals surface area contributed by atoms with E-state index in [4.69, 9.17) is 11.6 Å². The third kappa shape index (κ3) is 4.00. The fourth-order valence-electron chi connectivity index (χ4n) is 2.84. The van der Waals surface area contributed by atoms with E-state index in [-0.39, 0.29) is 5.69 Å². The Labute approximate surface area is 151 Å². The van der Waals surface area contributed by atoms with Crippen LogP contribution < -0.4 is 10.2 Å². The number of anilines is 3. The van der Waals surface area contributed by atoms with E-state index >= 15 is 0 Å². The van der Waals surface area contributed by atoms with Gasteiger partial charge in [0.05, 0.1) is 15.6 Å². The van der Waals surface area contributed by atoms with Crippen molar-refractivity contribution in [1.82, 2.24) is 9.88 Å². The molecular weight excluding hydrogens is 342 g/mol. The van der Waals surface area contributed by atoms with Crippen LogP contribution in [0.3, 0.4) is 0 Å². The van der Waals surface area contributed by atoms with Crippen LogP contribution in [0.1, 0.15) is 5.56 Å². The first-order valence-electron chi connectivity index (χ1n) is 8.05. The maximum atomic E-state index is 10.9. The fourth-order valence-corrected chi connectivity index (χ4v) is 3.14. The van der Waals surface area contributed by atoms with Crippen molar-refractivity contribution in [3.8, 4) is 0 Å². The van der Waals surface area contributed by atoms with E-state index in [2.05, 4.69) is 27.1 Å². The molecule has 1 fully saturated rings. The molecule has 1 N–H and O–H groups in total. The number of hydrogen-bond donors (Lipinski definition) is 1. The summed E-state index contributed by atoms with van der Waals surface area (Å²) in [6, 6.07) is 7.44. The summed E-state index contributed by atoms with van der Waals surface area (Å²) in [5, 5.41) is 14.7. The average molecular weight is 362 g/mol. The van der Waals surface area contributed by atoms with Crippen molar-refractivity contribution in [2.24, 2.45) is 0 Å². The SMILES string of the molecule is Cc1cc(Nc2ccc(N3CCN(C)CC3)c(Cl)c2)ncc1[N+](=O)[O-]. The van der Waals surface area contributed by atoms with Gasteiger partial charge in [0.1, 0.15) is 12.0 Å². The number of benzene rings is 1. The van der Waals surface area contributed by atoms with E-state index in [1.807, 2.05) is 18.2 Å². The lowest BCUT2D eigenvalue weighted by Gasteiger charge is -2.34. The van der Waals surface area contributed by atoms with Crippen LogP contribution >= 0.6 is 11.6 Å². The van der Waals surface area contributed by atoms with Gasteiger partial charge in [0.15, 0.2) is 0 Å². The quantitative estimate of drug-likeness (QED) is 0.664. The minimum atomic E-state index is -0.437. The highest BCUT2D eigenvalue weighted by Crippen LogP contribution is 2.31. The summed E-state index contributed by atoms with van der Waals surface area (Å²) < 4.78 is 0. The maximum Gasteiger partial charge on any atom is 0.290 e. The summed E-state index contributed by atoms with van der Waals surface area (Å²) in [6.45, 7) is 5.62. The highest BCUT2D eigenvalue weighted by atomic mass is 35.5. The molecule has 132 valence electrons. The van der Waals surface area contributed by atoms with Gasteiger partial charge in [-0.2, -0.15) is 0 Å². The van der Waals surface area contributed by atoms with Crippen molar-refractivity contribution in [3.05, 3.63) is 51.2 Å². The molecule has 0 atom stereocenters. The molecular formula is C17H20ClN5O2. The van der Waals surface area contributed by atoms with Crippen LogP contribution in [0.4, 0.5) is 22.9 Å². The van der Waals surface area contributed by atoms with Gasteiger partial charge in [0, 0.05) is 37.4 Å². The van der Waals surface area contributed by atoms with E-state index < -0.39 is 4.92 Å². The van der Waals surface area contributed by atoms with Gasteiger partial charge in [-0.05, 0) is 38.2 Å². The number of aromatic nitrogens is 1. The standard InChI is InChI=1S/C17H20ClN5O2/c1-12-9-17(19-11-16(12)23(24)25)20-13-3-4-15(14(18)10-13)22-7-5-21(2)6-8-22/h3-4,9-11H,5-8H2,1-2H3,(H,19,20). The monoisotopic (exact) mass is 361 g/mol. The topological polar surface area (TPSA) is 74.5 Å². The van der Waals surface area contributed by atoms with Crippen LogP contribution in [0.2, 0.25) is 5.02 Å². The second-order valence-electron chi connectivity index (χ2n) is 6.19. The number of nitrogens with one attached hydrogen (secondary N) is 1. The average Bonchev–Trinajstić information content (AvgIpc) is 2.56. The lowest BCUT2D eigenvalue weighted by Crippen LogP contribution is -2.44. The van der Waals surface area contributed by atoms with E-state index in [9.17, 15) is 10.1 Å². The van der Waals surface area contributed by atoms with Gasteiger partial charge in [-0.3, -0.25) is 10.1 Å². The van der Waals surface area contributed by atoms with Crippen LogP contribution in [-0.4, -0.2) is 48.0 Å². The molecule has 25 heavy (non-hydrogen) atoms. The van der Waals surface area contributed by atoms with Crippen LogP contribution in [0, 0.1) is 17.0 Å². The Bertz CT molecular complexity index is 791. The Morgan fingerprint density at radius 1 is 1.24 bits per heavy atom. The van der Waals surface area contributed by atoms with Gasteiger partial charge in [0.2, 0.25) is 0 Å². The third-order valence-corrected chi connectivity index (χ3v) is 4.65. The minimum absolute atomic E-state index is 0.00833. The number of aryl methyl sites for hydroxylation is 1. The Balaban J connectivity index is 1.75. The van der Waals surface area contributed by atoms with E-state index in [1.54, 1.807) is 13.0 Å². The van der Waals surface area contributed by atoms with Crippen LogP contribution in [-0.2, 0) is 0 Å². The number of nitro groups is 1. The molecule has 2 aromatic rings. The number of nitrogens with zero attached hydrogens (tertiary/aromatic N) is 4. The fraction of sp³-hybridized carbons (Fsp3) is 0.353. The summed E-state index contributed by atoms with van der Waals surface area (Å²) in [5.74, 6) is 0.548. The number of halogens is 1. The molecule has 1 aliphatic heterocycles. The van der Waals surface area contributed by atoms with Crippen LogP contribution in [0.15, 0.2) is 30.5 Å². The molecule has 3 rings (SSSR count). The third-order valence-electron chi connectivity index (χ3n) is 4.34. The summed E-state index contributed by atoms with van der Waals surface area (Å²) in [4.78, 5) is 19.1. The van der Waals surface area contributed by atoms with Gasteiger partial charge < -0.3 is 15.1 Å². The second kappa shape index (κ2) is 7.25. The normalized spacial score (nSPS) is 15.2. The van der Waals surface area contributed by atoms with Crippen molar-refractivity contribution in [3.63, 3.8) is 0 Å². The summed E-state index contributed by atoms with van der Waals surface area (Å²) in [7, 11) is 2.12. The zero-order chi connectivity index (χ0) is 18.0. The van der Waals surface area contributed by atoms with Crippen molar-refractivity contribution >= 4 is 34.5 Å². The van der Waals surface area contributed by atoms with Gasteiger partial charge in [-0.15, -0.1) is 0 Å². The van der Waals surface area contributed by atoms with Crippen LogP contribution in [0.5, 0.6) is 0 Å². The van der Waals surface area contributed by atoms with Gasteiger partial charge in [-0.1, -0.05) is 11.6 Å². The zero-order valence-electron chi connectivity index (χ0n) is 14.2. The van der Waals surface area contributed by atoms with Crippen LogP contribution in [0.25, 0.3) is 0 Å². The first-order valence-corrected chi connectivity index (χ1v) is 8.43. The smallest absolute Gasteiger partial charge is 0.290 e. The Morgan fingerprint density at radius 2 is 1.96 bits per heavy atom. The highest BCUT2D eigenvalue weighted by Gasteiger charge is 2.17. The van der Waals surface area contributed by atoms with E-state index in [1.165, 1.54) is 6.20 Å². The zero-order valence-corrected chi connectivity index (χ0v) is 15.0. The second-order valence-corrected chi connectivity index (χ2v) is 6.60. The van der Waals surface area contributed by atoms with Gasteiger partial charge >= 0.3 is 0 Å². The lowest BCUT2D eigenvalue weighted by molar-refractivity contribution is -0.385. The molecule has 7 nitrogen and oxygen atoms in total. The largest absolute Gasteiger partial charge is 0.368 e. The first kappa shape index (κ1) is 17.4. The summed E-state index contributed by atoms with van der Waals surface area (Å²) in [6.07, 6.45) is 1.26. The number of pyridine rings is 1. The number of rotatable bonds is 4. The lowest BCUT2D eigenvalue weighted by atomic mass is 10.2. The number of likely N-dealkylation sites (N-methyl/N-ethyl adjacent to an activating group) is 1. The molecule has 8 heteroatoms. The van der Waals surface area contributed by atoms with Gasteiger partial charge in [0.25, 0.3) is 5.69 Å². The Kier molecular flexibility index (Phi) is 5.06. The predicted molar refractivity (Wildman–Crippen MR) is 100 cm³/mol. The first-order chi connectivity index (χ1) is 11.9. The molecule has 0 bridgehead atoms. The predicted octanol–water partition coefficient (Wildman–Crippen LogP) is 3.45. The number of hydrogen-bond acceptors (Lipinski definition) is 6. The van der Waals surface area contributed by atoms with Crippen molar-refractivity contribution < 1.29 is 4.92 Å². The molecule has 1 saturated heterocycles. The van der Waals surface area contributed by atoms with Crippen molar-refractivity contribution in [1.29, 1.82) is 0 Å². The summed E-state index contributed by atoms with van der Waals surface area (Å²) >= 11 is 6.46. The Hall–Kier alpha value is -2.38. The van der Waals surface area contributed by atoms with E-state index in [0.29, 0.717) is 16.4 Å². The van der Waals surface area contributed by atoms with E-state index in [0.717, 1.165) is 37.6 Å². The Morgan fingerprint density at radius 3 is 2.56 bits per heavy atom. The molecule has 1 aliphatic rings. The molecule has 1 aromatic heterocycles. The van der Waals surface area contributed by atoms with Crippen molar-refractivity contribution in [2.45, 2.75) is 6.92 Å².